The van der Waals surface area contributed by atoms with E-state index in [1.165, 1.54) is 11.1 Å². The molecule has 0 spiro atoms. The number of nitrogens with zero attached hydrogens (tertiary/aromatic N) is 1. The fourth-order valence-electron chi connectivity index (χ4n) is 5.93. The van der Waals surface area contributed by atoms with Crippen molar-refractivity contribution < 1.29 is 14.6 Å². The van der Waals surface area contributed by atoms with E-state index in [1.807, 2.05) is 18.2 Å². The highest BCUT2D eigenvalue weighted by atomic mass is 16.7. The van der Waals surface area contributed by atoms with Crippen LogP contribution in [0.3, 0.4) is 0 Å². The maximum atomic E-state index is 9.60. The van der Waals surface area contributed by atoms with Crippen LogP contribution in [0.1, 0.15) is 52.2 Å². The van der Waals surface area contributed by atoms with E-state index in [0.717, 1.165) is 59.4 Å². The zero-order valence-corrected chi connectivity index (χ0v) is 25.0. The molecule has 1 saturated heterocycles. The summed E-state index contributed by atoms with van der Waals surface area (Å²) < 4.78 is 13.5. The van der Waals surface area contributed by atoms with Crippen molar-refractivity contribution >= 4 is 0 Å². The van der Waals surface area contributed by atoms with Crippen LogP contribution in [0.25, 0.3) is 11.1 Å². The average molecular weight is 585 g/mol. The first-order chi connectivity index (χ1) is 21.7. The lowest BCUT2D eigenvalue weighted by Crippen LogP contribution is -2.39. The second-order valence-electron chi connectivity index (χ2n) is 11.5. The zero-order valence-electron chi connectivity index (χ0n) is 25.0. The first-order valence-electron chi connectivity index (χ1n) is 15.4. The van der Waals surface area contributed by atoms with Gasteiger partial charge in [0, 0.05) is 38.2 Å². The van der Waals surface area contributed by atoms with Crippen LogP contribution >= 0.6 is 0 Å². The maximum Gasteiger partial charge on any atom is 0.184 e. The van der Waals surface area contributed by atoms with Gasteiger partial charge >= 0.3 is 0 Å². The summed E-state index contributed by atoms with van der Waals surface area (Å²) in [6.45, 7) is 2.93. The van der Waals surface area contributed by atoms with Crippen LogP contribution in [0.5, 0.6) is 0 Å². The molecule has 224 valence electrons. The number of rotatable bonds is 11. The van der Waals surface area contributed by atoms with Gasteiger partial charge in [0.1, 0.15) is 0 Å². The van der Waals surface area contributed by atoms with Crippen molar-refractivity contribution in [2.24, 2.45) is 5.73 Å². The minimum absolute atomic E-state index is 0.0201. The summed E-state index contributed by atoms with van der Waals surface area (Å²) in [6, 6.07) is 46.1. The van der Waals surface area contributed by atoms with Crippen molar-refractivity contribution in [2.75, 3.05) is 6.54 Å². The molecule has 1 heterocycles. The Morgan fingerprint density at radius 2 is 1.23 bits per heavy atom. The predicted octanol–water partition coefficient (Wildman–Crippen LogP) is 7.55. The highest BCUT2D eigenvalue weighted by Gasteiger charge is 2.33. The van der Waals surface area contributed by atoms with E-state index in [4.69, 9.17) is 15.2 Å². The third-order valence-electron chi connectivity index (χ3n) is 8.23. The molecule has 0 bridgehead atoms. The first-order valence-corrected chi connectivity index (χ1v) is 15.4. The number of hydrogen-bond donors (Lipinski definition) is 2. The number of hydrogen-bond acceptors (Lipinski definition) is 5. The Labute approximate surface area is 260 Å². The molecular weight excluding hydrogens is 544 g/mol. The van der Waals surface area contributed by atoms with Gasteiger partial charge in [0.15, 0.2) is 6.29 Å². The molecular formula is C39H40N2O3. The van der Waals surface area contributed by atoms with Crippen LogP contribution < -0.4 is 5.73 Å². The van der Waals surface area contributed by atoms with Crippen LogP contribution in [0.4, 0.5) is 0 Å². The number of ether oxygens (including phenoxy) is 2. The van der Waals surface area contributed by atoms with Crippen LogP contribution in [0.15, 0.2) is 133 Å². The maximum absolute atomic E-state index is 9.60. The van der Waals surface area contributed by atoms with E-state index in [0.29, 0.717) is 6.54 Å². The number of nitrogens with two attached hydrogens (primary N) is 1. The quantitative estimate of drug-likeness (QED) is 0.168. The molecule has 1 aliphatic rings. The lowest BCUT2D eigenvalue weighted by Gasteiger charge is -2.38. The van der Waals surface area contributed by atoms with Crippen LogP contribution in [-0.2, 0) is 35.7 Å². The van der Waals surface area contributed by atoms with Gasteiger partial charge in [-0.2, -0.15) is 0 Å². The second-order valence-corrected chi connectivity index (χ2v) is 11.5. The summed E-state index contributed by atoms with van der Waals surface area (Å²) in [7, 11) is 0. The minimum Gasteiger partial charge on any atom is -0.392 e. The molecule has 3 atom stereocenters. The van der Waals surface area contributed by atoms with Gasteiger partial charge in [-0.3, -0.25) is 4.90 Å². The number of aliphatic hydroxyl groups excluding tert-OH is 1. The molecule has 5 heteroatoms. The molecule has 0 aliphatic carbocycles. The van der Waals surface area contributed by atoms with E-state index in [2.05, 4.69) is 120 Å². The molecule has 1 fully saturated rings. The van der Waals surface area contributed by atoms with Crippen molar-refractivity contribution in [1.29, 1.82) is 0 Å². The van der Waals surface area contributed by atoms with Gasteiger partial charge < -0.3 is 20.3 Å². The largest absolute Gasteiger partial charge is 0.392 e. The molecule has 44 heavy (non-hydrogen) atoms. The van der Waals surface area contributed by atoms with Crippen molar-refractivity contribution in [1.82, 2.24) is 4.90 Å². The van der Waals surface area contributed by atoms with Crippen molar-refractivity contribution in [2.45, 2.75) is 51.2 Å². The Morgan fingerprint density at radius 3 is 1.86 bits per heavy atom. The summed E-state index contributed by atoms with van der Waals surface area (Å²) in [5, 5.41) is 9.60. The van der Waals surface area contributed by atoms with Gasteiger partial charge in [0.05, 0.1) is 18.8 Å². The Bertz CT molecular complexity index is 1570. The van der Waals surface area contributed by atoms with Gasteiger partial charge in [-0.05, 0) is 51.1 Å². The molecule has 0 saturated carbocycles. The van der Waals surface area contributed by atoms with E-state index < -0.39 is 6.29 Å². The summed E-state index contributed by atoms with van der Waals surface area (Å²) in [4.78, 5) is 2.47. The molecule has 0 aromatic heterocycles. The molecule has 5 aromatic rings. The first kappa shape index (κ1) is 29.9. The lowest BCUT2D eigenvalue weighted by molar-refractivity contribution is -0.253. The standard InChI is InChI=1S/C39H40N2O3/c40-24-32-13-7-14-34(21-32)35-15-8-16-36(22-35)39-43-37(23-38(44-39)33-19-17-31(28-42)18-20-33)27-41(25-29-9-3-1-4-10-29)26-30-11-5-2-6-12-30/h1-22,37-39,42H,23-28,40H2/t37-,38+,39+/m1/s1. The molecule has 1 aliphatic heterocycles. The average Bonchev–Trinajstić information content (AvgIpc) is 3.09. The van der Waals surface area contributed by atoms with E-state index >= 15 is 0 Å². The zero-order chi connectivity index (χ0) is 30.1. The summed E-state index contributed by atoms with van der Waals surface area (Å²) in [5.41, 5.74) is 14.8. The Morgan fingerprint density at radius 1 is 0.614 bits per heavy atom. The van der Waals surface area contributed by atoms with Crippen molar-refractivity contribution in [3.05, 3.63) is 167 Å². The summed E-state index contributed by atoms with van der Waals surface area (Å²) >= 11 is 0. The van der Waals surface area contributed by atoms with Gasteiger partial charge in [0.2, 0.25) is 0 Å². The van der Waals surface area contributed by atoms with Gasteiger partial charge in [-0.1, -0.05) is 121 Å². The monoisotopic (exact) mass is 584 g/mol. The minimum atomic E-state index is -0.524. The molecule has 5 nitrogen and oxygen atoms in total. The Hall–Kier alpha value is -4.10. The van der Waals surface area contributed by atoms with Crippen molar-refractivity contribution in [3.8, 4) is 11.1 Å². The third kappa shape index (κ3) is 7.69. The molecule has 0 radical (unpaired) electrons. The summed E-state index contributed by atoms with van der Waals surface area (Å²) in [5.74, 6) is 0. The molecule has 0 unspecified atom stereocenters. The van der Waals surface area contributed by atoms with Gasteiger partial charge in [-0.25, -0.2) is 0 Å². The fraction of sp³-hybridized carbons (Fsp3) is 0.231. The number of aliphatic hydroxyl groups is 1. The van der Waals surface area contributed by atoms with Gasteiger partial charge in [0.25, 0.3) is 0 Å². The highest BCUT2D eigenvalue weighted by molar-refractivity contribution is 5.65. The molecule has 3 N–H and O–H groups in total. The normalized spacial score (nSPS) is 18.4. The topological polar surface area (TPSA) is 68.0 Å². The smallest absolute Gasteiger partial charge is 0.184 e. The number of benzene rings is 5. The van der Waals surface area contributed by atoms with E-state index in [9.17, 15) is 5.11 Å². The molecule has 6 rings (SSSR count). The predicted molar refractivity (Wildman–Crippen MR) is 175 cm³/mol. The molecule has 5 aromatic carbocycles. The van der Waals surface area contributed by atoms with E-state index in [1.54, 1.807) is 0 Å². The van der Waals surface area contributed by atoms with Crippen LogP contribution in [-0.4, -0.2) is 22.7 Å². The summed E-state index contributed by atoms with van der Waals surface area (Å²) in [6.07, 6.45) is -0.00375. The van der Waals surface area contributed by atoms with Crippen LogP contribution in [0, 0.1) is 0 Å². The Kier molecular flexibility index (Phi) is 9.93. The SMILES string of the molecule is NCc1cccc(-c2cccc([C@H]3O[C@@H](CN(Cc4ccccc4)Cc4ccccc4)C[C@@H](c4ccc(CO)cc4)O3)c2)c1. The van der Waals surface area contributed by atoms with Gasteiger partial charge in [-0.15, -0.1) is 0 Å². The van der Waals surface area contributed by atoms with E-state index in [-0.39, 0.29) is 18.8 Å². The van der Waals surface area contributed by atoms with Crippen molar-refractivity contribution in [3.63, 3.8) is 0 Å². The Balaban J connectivity index is 1.29. The second kappa shape index (κ2) is 14.6. The lowest BCUT2D eigenvalue weighted by atomic mass is 9.98. The highest BCUT2D eigenvalue weighted by Crippen LogP contribution is 2.39. The van der Waals surface area contributed by atoms with Crippen LogP contribution in [0.2, 0.25) is 0 Å². The fourth-order valence-corrected chi connectivity index (χ4v) is 5.93. The molecule has 0 amide bonds. The third-order valence-corrected chi connectivity index (χ3v) is 8.23.